The lowest BCUT2D eigenvalue weighted by atomic mass is 10.2. The fraction of sp³-hybridized carbons (Fsp3) is 0.364. The fourth-order valence-corrected chi connectivity index (χ4v) is 1.33. The van der Waals surface area contributed by atoms with E-state index in [0.717, 1.165) is 12.0 Å². The summed E-state index contributed by atoms with van der Waals surface area (Å²) in [6.45, 7) is 3.05. The molecule has 0 aliphatic carbocycles. The summed E-state index contributed by atoms with van der Waals surface area (Å²) < 4.78 is 0. The van der Waals surface area contributed by atoms with Crippen LogP contribution in [0.1, 0.15) is 12.0 Å². The Morgan fingerprint density at radius 2 is 2.25 bits per heavy atom. The van der Waals surface area contributed by atoms with Gasteiger partial charge in [-0.3, -0.25) is 0 Å². The van der Waals surface area contributed by atoms with Crippen LogP contribution in [0.2, 0.25) is 5.02 Å². The molecule has 2 amide bonds. The van der Waals surface area contributed by atoms with Crippen molar-refractivity contribution in [3.8, 4) is 0 Å². The lowest BCUT2D eigenvalue weighted by Gasteiger charge is -2.08. The summed E-state index contributed by atoms with van der Waals surface area (Å²) in [5.41, 5.74) is 6.98. The first kappa shape index (κ1) is 12.8. The van der Waals surface area contributed by atoms with Gasteiger partial charge in [0.25, 0.3) is 0 Å². The molecule has 0 saturated heterocycles. The van der Waals surface area contributed by atoms with Crippen LogP contribution in [0.15, 0.2) is 18.2 Å². The summed E-state index contributed by atoms with van der Waals surface area (Å²) in [5, 5.41) is 6.03. The zero-order chi connectivity index (χ0) is 12.0. The van der Waals surface area contributed by atoms with Crippen molar-refractivity contribution in [2.45, 2.75) is 13.3 Å². The van der Waals surface area contributed by atoms with Gasteiger partial charge in [0.15, 0.2) is 0 Å². The molecule has 0 spiro atoms. The molecule has 16 heavy (non-hydrogen) atoms. The van der Waals surface area contributed by atoms with E-state index in [1.165, 1.54) is 0 Å². The smallest absolute Gasteiger partial charge is 0.319 e. The predicted molar refractivity (Wildman–Crippen MR) is 66.9 cm³/mol. The van der Waals surface area contributed by atoms with E-state index < -0.39 is 0 Å². The molecule has 0 heterocycles. The second-order valence-electron chi connectivity index (χ2n) is 3.49. The standard InChI is InChI=1S/C11H16ClN3O/c1-8-3-4-9(7-10(8)12)15-11(16)14-6-2-5-13/h3-4,7H,2,5-6,13H2,1H3,(H2,14,15,16). The van der Waals surface area contributed by atoms with E-state index in [1.54, 1.807) is 6.07 Å². The third-order valence-corrected chi connectivity index (χ3v) is 2.50. The van der Waals surface area contributed by atoms with Gasteiger partial charge in [-0.25, -0.2) is 4.79 Å². The molecule has 0 bridgehead atoms. The van der Waals surface area contributed by atoms with Gasteiger partial charge in [0.05, 0.1) is 0 Å². The average Bonchev–Trinajstić information content (AvgIpc) is 2.24. The summed E-state index contributed by atoms with van der Waals surface area (Å²) >= 11 is 5.94. The van der Waals surface area contributed by atoms with E-state index in [4.69, 9.17) is 17.3 Å². The molecule has 4 N–H and O–H groups in total. The molecular weight excluding hydrogens is 226 g/mol. The molecule has 0 atom stereocenters. The third-order valence-electron chi connectivity index (χ3n) is 2.10. The first-order valence-electron chi connectivity index (χ1n) is 5.14. The first-order valence-corrected chi connectivity index (χ1v) is 5.52. The van der Waals surface area contributed by atoms with Crippen molar-refractivity contribution >= 4 is 23.3 Å². The molecule has 1 aromatic rings. The molecule has 0 radical (unpaired) electrons. The minimum atomic E-state index is -0.242. The number of aryl methyl sites for hydroxylation is 1. The SMILES string of the molecule is Cc1ccc(NC(=O)NCCCN)cc1Cl. The maximum atomic E-state index is 11.4. The van der Waals surface area contributed by atoms with Crippen LogP contribution in [0.4, 0.5) is 10.5 Å². The van der Waals surface area contributed by atoms with Gasteiger partial charge in [-0.15, -0.1) is 0 Å². The van der Waals surface area contributed by atoms with Crippen molar-refractivity contribution in [3.05, 3.63) is 28.8 Å². The van der Waals surface area contributed by atoms with Crippen molar-refractivity contribution in [2.24, 2.45) is 5.73 Å². The predicted octanol–water partition coefficient (Wildman–Crippen LogP) is 2.12. The molecule has 4 nitrogen and oxygen atoms in total. The van der Waals surface area contributed by atoms with Crippen molar-refractivity contribution in [1.29, 1.82) is 0 Å². The van der Waals surface area contributed by atoms with Gasteiger partial charge < -0.3 is 16.4 Å². The van der Waals surface area contributed by atoms with Crippen LogP contribution < -0.4 is 16.4 Å². The lowest BCUT2D eigenvalue weighted by molar-refractivity contribution is 0.252. The minimum Gasteiger partial charge on any atom is -0.338 e. The molecule has 0 aliphatic rings. The van der Waals surface area contributed by atoms with Gasteiger partial charge in [-0.2, -0.15) is 0 Å². The van der Waals surface area contributed by atoms with Gasteiger partial charge in [-0.05, 0) is 37.6 Å². The van der Waals surface area contributed by atoms with Crippen LogP contribution in [0.3, 0.4) is 0 Å². The maximum absolute atomic E-state index is 11.4. The lowest BCUT2D eigenvalue weighted by Crippen LogP contribution is -2.30. The summed E-state index contributed by atoms with van der Waals surface area (Å²) in [7, 11) is 0. The summed E-state index contributed by atoms with van der Waals surface area (Å²) in [5.74, 6) is 0. The van der Waals surface area contributed by atoms with E-state index in [1.807, 2.05) is 19.1 Å². The van der Waals surface area contributed by atoms with Crippen LogP contribution >= 0.6 is 11.6 Å². The Kier molecular flexibility index (Phi) is 5.08. The number of rotatable bonds is 4. The zero-order valence-corrected chi connectivity index (χ0v) is 9.97. The Balaban J connectivity index is 2.46. The Hall–Kier alpha value is -1.26. The maximum Gasteiger partial charge on any atom is 0.319 e. The summed E-state index contributed by atoms with van der Waals surface area (Å²) in [4.78, 5) is 11.4. The van der Waals surface area contributed by atoms with Crippen LogP contribution in [0, 0.1) is 6.92 Å². The number of nitrogens with two attached hydrogens (primary N) is 1. The minimum absolute atomic E-state index is 0.242. The zero-order valence-electron chi connectivity index (χ0n) is 9.22. The normalized spacial score (nSPS) is 9.94. The van der Waals surface area contributed by atoms with Gasteiger partial charge in [-0.1, -0.05) is 17.7 Å². The molecule has 1 aromatic carbocycles. The number of amides is 2. The molecular formula is C11H16ClN3O. The number of carbonyl (C=O) groups excluding carboxylic acids is 1. The highest BCUT2D eigenvalue weighted by Crippen LogP contribution is 2.19. The topological polar surface area (TPSA) is 67.2 Å². The highest BCUT2D eigenvalue weighted by molar-refractivity contribution is 6.31. The Morgan fingerprint density at radius 1 is 1.50 bits per heavy atom. The Bertz CT molecular complexity index is 368. The molecule has 0 aliphatic heterocycles. The Morgan fingerprint density at radius 3 is 2.88 bits per heavy atom. The monoisotopic (exact) mass is 241 g/mol. The number of halogens is 1. The van der Waals surface area contributed by atoms with E-state index in [9.17, 15) is 4.79 Å². The van der Waals surface area contributed by atoms with Crippen molar-refractivity contribution in [1.82, 2.24) is 5.32 Å². The highest BCUT2D eigenvalue weighted by atomic mass is 35.5. The highest BCUT2D eigenvalue weighted by Gasteiger charge is 2.02. The molecule has 0 fully saturated rings. The van der Waals surface area contributed by atoms with Crippen LogP contribution in [-0.4, -0.2) is 19.1 Å². The first-order chi connectivity index (χ1) is 7.63. The summed E-state index contributed by atoms with van der Waals surface area (Å²) in [6, 6.07) is 5.15. The largest absolute Gasteiger partial charge is 0.338 e. The van der Waals surface area contributed by atoms with Crippen molar-refractivity contribution < 1.29 is 4.79 Å². The number of hydrogen-bond acceptors (Lipinski definition) is 2. The number of anilines is 1. The molecule has 5 heteroatoms. The second kappa shape index (κ2) is 6.35. The van der Waals surface area contributed by atoms with Crippen molar-refractivity contribution in [3.63, 3.8) is 0 Å². The van der Waals surface area contributed by atoms with E-state index in [2.05, 4.69) is 10.6 Å². The van der Waals surface area contributed by atoms with Crippen LogP contribution in [0.5, 0.6) is 0 Å². The van der Waals surface area contributed by atoms with Crippen LogP contribution in [-0.2, 0) is 0 Å². The molecule has 0 aromatic heterocycles. The van der Waals surface area contributed by atoms with Crippen LogP contribution in [0.25, 0.3) is 0 Å². The average molecular weight is 242 g/mol. The van der Waals surface area contributed by atoms with E-state index >= 15 is 0 Å². The van der Waals surface area contributed by atoms with Gasteiger partial charge in [0.2, 0.25) is 0 Å². The molecule has 0 saturated carbocycles. The van der Waals surface area contributed by atoms with E-state index in [0.29, 0.717) is 23.8 Å². The molecule has 1 rings (SSSR count). The van der Waals surface area contributed by atoms with Crippen molar-refractivity contribution in [2.75, 3.05) is 18.4 Å². The van der Waals surface area contributed by atoms with Gasteiger partial charge in [0.1, 0.15) is 0 Å². The molecule has 88 valence electrons. The third kappa shape index (κ3) is 4.08. The number of nitrogens with one attached hydrogen (secondary N) is 2. The van der Waals surface area contributed by atoms with Gasteiger partial charge in [0, 0.05) is 17.3 Å². The molecule has 0 unspecified atom stereocenters. The number of urea groups is 1. The van der Waals surface area contributed by atoms with E-state index in [-0.39, 0.29) is 6.03 Å². The number of hydrogen-bond donors (Lipinski definition) is 3. The fourth-order valence-electron chi connectivity index (χ4n) is 1.15. The quantitative estimate of drug-likeness (QED) is 0.707. The van der Waals surface area contributed by atoms with Gasteiger partial charge >= 0.3 is 6.03 Å². The number of benzene rings is 1. The summed E-state index contributed by atoms with van der Waals surface area (Å²) in [6.07, 6.45) is 0.766. The Labute approximate surface area is 100 Å². The number of carbonyl (C=O) groups is 1. The second-order valence-corrected chi connectivity index (χ2v) is 3.89.